The predicted molar refractivity (Wildman–Crippen MR) is 107 cm³/mol. The van der Waals surface area contributed by atoms with Gasteiger partial charge < -0.3 is 4.98 Å². The number of hydrogen-bond donors (Lipinski definition) is 4. The second kappa shape index (κ2) is 7.69. The van der Waals surface area contributed by atoms with E-state index in [4.69, 9.17) is 0 Å². The average molecular weight is 412 g/mol. The normalized spacial score (nSPS) is 13.9. The molecule has 0 bridgehead atoms. The van der Waals surface area contributed by atoms with Crippen molar-refractivity contribution in [2.45, 2.75) is 30.2 Å². The van der Waals surface area contributed by atoms with Crippen LogP contribution in [0.25, 0.3) is 10.9 Å². The SMILES string of the molecule is O=C(Cc1c[nH]c2ccccc12)NNC(=O)c1cccc(S(=O)(=O)NC2CC2)c1. The molecule has 3 aromatic rings. The Morgan fingerprint density at radius 2 is 1.83 bits per heavy atom. The number of rotatable bonds is 6. The summed E-state index contributed by atoms with van der Waals surface area (Å²) in [6.07, 6.45) is 3.49. The number of H-pyrrole nitrogens is 1. The van der Waals surface area contributed by atoms with Gasteiger partial charge in [-0.25, -0.2) is 13.1 Å². The molecule has 9 heteroatoms. The van der Waals surface area contributed by atoms with Crippen LogP contribution in [-0.2, 0) is 21.2 Å². The van der Waals surface area contributed by atoms with Crippen molar-refractivity contribution < 1.29 is 18.0 Å². The van der Waals surface area contributed by atoms with Gasteiger partial charge in [0.15, 0.2) is 0 Å². The van der Waals surface area contributed by atoms with Crippen molar-refractivity contribution in [3.05, 3.63) is 65.9 Å². The number of hydrazine groups is 1. The summed E-state index contributed by atoms with van der Waals surface area (Å²) in [5, 5.41) is 0.940. The molecule has 1 aromatic heterocycles. The van der Waals surface area contributed by atoms with E-state index in [-0.39, 0.29) is 28.8 Å². The van der Waals surface area contributed by atoms with Crippen molar-refractivity contribution in [2.24, 2.45) is 0 Å². The number of nitrogens with one attached hydrogen (secondary N) is 4. The van der Waals surface area contributed by atoms with Crippen molar-refractivity contribution in [3.63, 3.8) is 0 Å². The van der Waals surface area contributed by atoms with Crippen molar-refractivity contribution in [1.82, 2.24) is 20.6 Å². The molecule has 0 aliphatic heterocycles. The summed E-state index contributed by atoms with van der Waals surface area (Å²) >= 11 is 0. The Morgan fingerprint density at radius 3 is 2.62 bits per heavy atom. The lowest BCUT2D eigenvalue weighted by molar-refractivity contribution is -0.121. The Kier molecular flexibility index (Phi) is 5.08. The molecule has 0 atom stereocenters. The lowest BCUT2D eigenvalue weighted by Gasteiger charge is -2.09. The molecule has 1 fully saturated rings. The fourth-order valence-electron chi connectivity index (χ4n) is 2.99. The highest BCUT2D eigenvalue weighted by Gasteiger charge is 2.28. The number of carbonyl (C=O) groups excluding carboxylic acids is 2. The molecule has 4 N–H and O–H groups in total. The Morgan fingerprint density at radius 1 is 1.03 bits per heavy atom. The molecule has 1 aliphatic carbocycles. The third-order valence-electron chi connectivity index (χ3n) is 4.65. The van der Waals surface area contributed by atoms with Gasteiger partial charge in [-0.05, 0) is 42.7 Å². The van der Waals surface area contributed by atoms with E-state index in [1.165, 1.54) is 24.3 Å². The highest BCUT2D eigenvalue weighted by atomic mass is 32.2. The van der Waals surface area contributed by atoms with E-state index in [0.717, 1.165) is 29.3 Å². The zero-order valence-electron chi connectivity index (χ0n) is 15.4. The first-order valence-corrected chi connectivity index (χ1v) is 10.7. The smallest absolute Gasteiger partial charge is 0.269 e. The highest BCUT2D eigenvalue weighted by molar-refractivity contribution is 7.89. The molecule has 29 heavy (non-hydrogen) atoms. The van der Waals surface area contributed by atoms with E-state index < -0.39 is 15.9 Å². The van der Waals surface area contributed by atoms with Gasteiger partial charge in [0, 0.05) is 28.7 Å². The molecule has 1 heterocycles. The summed E-state index contributed by atoms with van der Waals surface area (Å²) in [6.45, 7) is 0. The van der Waals surface area contributed by atoms with Gasteiger partial charge in [-0.15, -0.1) is 0 Å². The molecular weight excluding hydrogens is 392 g/mol. The standard InChI is InChI=1S/C20H20N4O4S/c25-19(11-14-12-21-18-7-2-1-6-17(14)18)22-23-20(26)13-4-3-5-16(10-13)29(27,28)24-15-8-9-15/h1-7,10,12,15,21,24H,8-9,11H2,(H,22,25)(H,23,26). The quantitative estimate of drug-likeness (QED) is 0.460. The second-order valence-corrected chi connectivity index (χ2v) is 8.68. The summed E-state index contributed by atoms with van der Waals surface area (Å²) in [5.74, 6) is -0.983. The Labute approximate surface area is 167 Å². The molecule has 1 aliphatic rings. The monoisotopic (exact) mass is 412 g/mol. The van der Waals surface area contributed by atoms with Crippen LogP contribution < -0.4 is 15.6 Å². The number of hydrogen-bond acceptors (Lipinski definition) is 4. The van der Waals surface area contributed by atoms with Crippen molar-refractivity contribution in [3.8, 4) is 0 Å². The van der Waals surface area contributed by atoms with Crippen LogP contribution in [0.1, 0.15) is 28.8 Å². The topological polar surface area (TPSA) is 120 Å². The number of amides is 2. The number of aromatic amines is 1. The van der Waals surface area contributed by atoms with Gasteiger partial charge in [0.1, 0.15) is 0 Å². The van der Waals surface area contributed by atoms with Crippen LogP contribution in [0.3, 0.4) is 0 Å². The molecular formula is C20H20N4O4S. The van der Waals surface area contributed by atoms with Crippen LogP contribution in [0, 0.1) is 0 Å². The van der Waals surface area contributed by atoms with Crippen molar-refractivity contribution in [2.75, 3.05) is 0 Å². The Hall–Kier alpha value is -3.17. The van der Waals surface area contributed by atoms with Gasteiger partial charge in [-0.1, -0.05) is 24.3 Å². The van der Waals surface area contributed by atoms with Gasteiger partial charge in [0.25, 0.3) is 5.91 Å². The number of sulfonamides is 1. The lowest BCUT2D eigenvalue weighted by atomic mass is 10.1. The molecule has 2 amide bonds. The summed E-state index contributed by atoms with van der Waals surface area (Å²) in [5.41, 5.74) is 6.57. The summed E-state index contributed by atoms with van der Waals surface area (Å²) < 4.78 is 27.2. The Balaban J connectivity index is 1.38. The zero-order valence-corrected chi connectivity index (χ0v) is 16.3. The maximum Gasteiger partial charge on any atom is 0.269 e. The third kappa shape index (κ3) is 4.47. The minimum atomic E-state index is -3.66. The number of fused-ring (bicyclic) bond motifs is 1. The maximum atomic E-state index is 12.3. The first kappa shape index (κ1) is 19.2. The van der Waals surface area contributed by atoms with Gasteiger partial charge in [0.05, 0.1) is 11.3 Å². The first-order valence-electron chi connectivity index (χ1n) is 9.19. The molecule has 0 saturated heterocycles. The van der Waals surface area contributed by atoms with Gasteiger partial charge in [-0.2, -0.15) is 0 Å². The molecule has 4 rings (SSSR count). The minimum absolute atomic E-state index is 0.0159. The summed E-state index contributed by atoms with van der Waals surface area (Å²) in [6, 6.07) is 13.3. The first-order chi connectivity index (χ1) is 13.9. The molecule has 1 saturated carbocycles. The van der Waals surface area contributed by atoms with Crippen LogP contribution in [-0.4, -0.2) is 31.3 Å². The van der Waals surface area contributed by atoms with E-state index in [1.807, 2.05) is 24.3 Å². The van der Waals surface area contributed by atoms with Crippen LogP contribution in [0.15, 0.2) is 59.6 Å². The predicted octanol–water partition coefficient (Wildman–Crippen LogP) is 1.61. The molecule has 2 aromatic carbocycles. The van der Waals surface area contributed by atoms with E-state index in [9.17, 15) is 18.0 Å². The summed E-state index contributed by atoms with van der Waals surface area (Å²) in [4.78, 5) is 27.6. The number of benzene rings is 2. The second-order valence-electron chi connectivity index (χ2n) is 6.96. The van der Waals surface area contributed by atoms with Gasteiger partial charge in [-0.3, -0.25) is 20.4 Å². The maximum absolute atomic E-state index is 12.3. The van der Waals surface area contributed by atoms with Crippen LogP contribution in [0.5, 0.6) is 0 Å². The van der Waals surface area contributed by atoms with Gasteiger partial charge in [0.2, 0.25) is 15.9 Å². The van der Waals surface area contributed by atoms with Gasteiger partial charge >= 0.3 is 0 Å². The Bertz CT molecular complexity index is 1180. The van der Waals surface area contributed by atoms with Crippen molar-refractivity contribution in [1.29, 1.82) is 0 Å². The number of carbonyl (C=O) groups is 2. The average Bonchev–Trinajstić information content (AvgIpc) is 3.44. The molecule has 8 nitrogen and oxygen atoms in total. The van der Waals surface area contributed by atoms with E-state index in [2.05, 4.69) is 20.6 Å². The van der Waals surface area contributed by atoms with E-state index in [0.29, 0.717) is 0 Å². The fraction of sp³-hybridized carbons (Fsp3) is 0.200. The van der Waals surface area contributed by atoms with E-state index >= 15 is 0 Å². The molecule has 150 valence electrons. The fourth-order valence-corrected chi connectivity index (χ4v) is 4.34. The lowest BCUT2D eigenvalue weighted by Crippen LogP contribution is -2.42. The minimum Gasteiger partial charge on any atom is -0.361 e. The molecule has 0 unspecified atom stereocenters. The zero-order chi connectivity index (χ0) is 20.4. The van der Waals surface area contributed by atoms with Crippen LogP contribution >= 0.6 is 0 Å². The molecule has 0 spiro atoms. The number of aromatic nitrogens is 1. The largest absolute Gasteiger partial charge is 0.361 e. The van der Waals surface area contributed by atoms with E-state index in [1.54, 1.807) is 6.20 Å². The molecule has 0 radical (unpaired) electrons. The highest BCUT2D eigenvalue weighted by Crippen LogP contribution is 2.22. The van der Waals surface area contributed by atoms with Crippen LogP contribution in [0.4, 0.5) is 0 Å². The van der Waals surface area contributed by atoms with Crippen molar-refractivity contribution >= 4 is 32.7 Å². The summed E-state index contributed by atoms with van der Waals surface area (Å²) in [7, 11) is -3.66. The third-order valence-corrected chi connectivity index (χ3v) is 6.17. The van der Waals surface area contributed by atoms with Crippen LogP contribution in [0.2, 0.25) is 0 Å². The number of para-hydroxylation sites is 1.